The van der Waals surface area contributed by atoms with Crippen molar-refractivity contribution in [3.63, 3.8) is 0 Å². The lowest BCUT2D eigenvalue weighted by atomic mass is 10.1. The number of hydrogen-bond acceptors (Lipinski definition) is 3. The van der Waals surface area contributed by atoms with Crippen LogP contribution in [0.1, 0.15) is 15.9 Å². The number of phenolic OH excluding ortho intramolecular Hbond substituents is 1. The molecule has 0 unspecified atom stereocenters. The van der Waals surface area contributed by atoms with E-state index in [2.05, 4.69) is 0 Å². The standard InChI is InChI=1S/C14H9F3O3/c15-14(16,17)10-4-1-3-9(7-10)13(19)20-12-6-2-5-11(18)8-12/h1-8,18H. The number of esters is 1. The molecule has 20 heavy (non-hydrogen) atoms. The van der Waals surface area contributed by atoms with E-state index in [1.54, 1.807) is 0 Å². The first-order valence-electron chi connectivity index (χ1n) is 5.55. The van der Waals surface area contributed by atoms with Gasteiger partial charge in [0.05, 0.1) is 11.1 Å². The van der Waals surface area contributed by atoms with Crippen molar-refractivity contribution >= 4 is 5.97 Å². The Hall–Kier alpha value is -2.50. The number of benzene rings is 2. The van der Waals surface area contributed by atoms with Crippen LogP contribution in [0, 0.1) is 0 Å². The van der Waals surface area contributed by atoms with Gasteiger partial charge in [0.2, 0.25) is 0 Å². The highest BCUT2D eigenvalue weighted by Gasteiger charge is 2.31. The first kappa shape index (κ1) is 13.9. The fourth-order valence-corrected chi connectivity index (χ4v) is 1.54. The molecule has 0 saturated heterocycles. The van der Waals surface area contributed by atoms with Crippen molar-refractivity contribution in [3.8, 4) is 11.5 Å². The normalized spacial score (nSPS) is 11.2. The Morgan fingerprint density at radius 2 is 1.75 bits per heavy atom. The van der Waals surface area contributed by atoms with E-state index in [1.807, 2.05) is 0 Å². The summed E-state index contributed by atoms with van der Waals surface area (Å²) in [4.78, 5) is 11.7. The van der Waals surface area contributed by atoms with Crippen molar-refractivity contribution in [2.75, 3.05) is 0 Å². The molecule has 0 aliphatic rings. The highest BCUT2D eigenvalue weighted by atomic mass is 19.4. The monoisotopic (exact) mass is 282 g/mol. The summed E-state index contributed by atoms with van der Waals surface area (Å²) in [6.07, 6.45) is -4.53. The number of carbonyl (C=O) groups excluding carboxylic acids is 1. The molecule has 3 nitrogen and oxygen atoms in total. The van der Waals surface area contributed by atoms with Crippen LogP contribution in [0.3, 0.4) is 0 Å². The molecule has 2 aromatic rings. The summed E-state index contributed by atoms with van der Waals surface area (Å²) in [5.74, 6) is -0.992. The molecule has 104 valence electrons. The molecule has 1 N–H and O–H groups in total. The molecule has 2 rings (SSSR count). The van der Waals surface area contributed by atoms with E-state index in [0.717, 1.165) is 12.1 Å². The molecule has 0 aliphatic carbocycles. The minimum Gasteiger partial charge on any atom is -0.508 e. The third kappa shape index (κ3) is 3.28. The van der Waals surface area contributed by atoms with Crippen molar-refractivity contribution in [1.82, 2.24) is 0 Å². The minimum absolute atomic E-state index is 0.0485. The van der Waals surface area contributed by atoms with Crippen molar-refractivity contribution < 1.29 is 27.8 Å². The largest absolute Gasteiger partial charge is 0.508 e. The minimum atomic E-state index is -4.53. The van der Waals surface area contributed by atoms with Crippen LogP contribution in [0.15, 0.2) is 48.5 Å². The van der Waals surface area contributed by atoms with Crippen LogP contribution in [-0.2, 0) is 6.18 Å². The molecule has 0 bridgehead atoms. The van der Waals surface area contributed by atoms with Crippen LogP contribution >= 0.6 is 0 Å². The molecule has 0 atom stereocenters. The van der Waals surface area contributed by atoms with Crippen molar-refractivity contribution in [2.45, 2.75) is 6.18 Å². The number of alkyl halides is 3. The van der Waals surface area contributed by atoms with E-state index < -0.39 is 17.7 Å². The van der Waals surface area contributed by atoms with E-state index in [-0.39, 0.29) is 17.1 Å². The van der Waals surface area contributed by atoms with Crippen LogP contribution < -0.4 is 4.74 Å². The number of rotatable bonds is 2. The van der Waals surface area contributed by atoms with E-state index >= 15 is 0 Å². The first-order chi connectivity index (χ1) is 9.36. The Balaban J connectivity index is 2.22. The van der Waals surface area contributed by atoms with Crippen molar-refractivity contribution in [2.24, 2.45) is 0 Å². The molecule has 2 aromatic carbocycles. The third-order valence-electron chi connectivity index (χ3n) is 2.45. The SMILES string of the molecule is O=C(Oc1cccc(O)c1)c1cccc(C(F)(F)F)c1. The summed E-state index contributed by atoms with van der Waals surface area (Å²) in [5, 5.41) is 9.21. The predicted octanol–water partition coefficient (Wildman–Crippen LogP) is 3.63. The van der Waals surface area contributed by atoms with Gasteiger partial charge < -0.3 is 9.84 Å². The molecular weight excluding hydrogens is 273 g/mol. The quantitative estimate of drug-likeness (QED) is 0.675. The zero-order valence-corrected chi connectivity index (χ0v) is 10.0. The van der Waals surface area contributed by atoms with Crippen molar-refractivity contribution in [1.29, 1.82) is 0 Å². The number of aromatic hydroxyl groups is 1. The number of ether oxygens (including phenoxy) is 1. The molecule has 0 heterocycles. The van der Waals surface area contributed by atoms with E-state index in [1.165, 1.54) is 30.3 Å². The van der Waals surface area contributed by atoms with Crippen LogP contribution in [0.25, 0.3) is 0 Å². The summed E-state index contributed by atoms with van der Waals surface area (Å²) in [5.41, 5.74) is -1.15. The van der Waals surface area contributed by atoms with E-state index in [0.29, 0.717) is 6.07 Å². The zero-order chi connectivity index (χ0) is 14.8. The van der Waals surface area contributed by atoms with Gasteiger partial charge in [-0.1, -0.05) is 12.1 Å². The van der Waals surface area contributed by atoms with Gasteiger partial charge in [0.15, 0.2) is 0 Å². The van der Waals surface area contributed by atoms with Gasteiger partial charge in [0, 0.05) is 6.07 Å². The lowest BCUT2D eigenvalue weighted by Crippen LogP contribution is -2.11. The fourth-order valence-electron chi connectivity index (χ4n) is 1.54. The smallest absolute Gasteiger partial charge is 0.416 e. The molecule has 0 spiro atoms. The lowest BCUT2D eigenvalue weighted by Gasteiger charge is -2.08. The van der Waals surface area contributed by atoms with Gasteiger partial charge in [-0.2, -0.15) is 13.2 Å². The highest BCUT2D eigenvalue weighted by Crippen LogP contribution is 2.29. The first-order valence-corrected chi connectivity index (χ1v) is 5.55. The number of phenols is 1. The van der Waals surface area contributed by atoms with Gasteiger partial charge in [-0.05, 0) is 30.3 Å². The van der Waals surface area contributed by atoms with E-state index in [4.69, 9.17) is 4.74 Å². The van der Waals surface area contributed by atoms with Crippen molar-refractivity contribution in [3.05, 3.63) is 59.7 Å². The van der Waals surface area contributed by atoms with Crippen LogP contribution in [0.2, 0.25) is 0 Å². The molecule has 0 aromatic heterocycles. The molecule has 0 fully saturated rings. The third-order valence-corrected chi connectivity index (χ3v) is 2.45. The molecule has 0 saturated carbocycles. The number of hydrogen-bond donors (Lipinski definition) is 1. The molecule has 6 heteroatoms. The Kier molecular flexibility index (Phi) is 3.65. The van der Waals surface area contributed by atoms with Gasteiger partial charge in [-0.3, -0.25) is 0 Å². The number of carbonyl (C=O) groups is 1. The Bertz CT molecular complexity index is 636. The molecule has 0 amide bonds. The summed E-state index contributed by atoms with van der Waals surface area (Å²) >= 11 is 0. The second-order valence-corrected chi connectivity index (χ2v) is 3.97. The van der Waals surface area contributed by atoms with Gasteiger partial charge >= 0.3 is 12.1 Å². The molecule has 0 radical (unpaired) electrons. The fraction of sp³-hybridized carbons (Fsp3) is 0.0714. The highest BCUT2D eigenvalue weighted by molar-refractivity contribution is 5.91. The van der Waals surface area contributed by atoms with Gasteiger partial charge in [-0.15, -0.1) is 0 Å². The van der Waals surface area contributed by atoms with Crippen LogP contribution in [0.4, 0.5) is 13.2 Å². The number of halogens is 3. The van der Waals surface area contributed by atoms with Crippen LogP contribution in [-0.4, -0.2) is 11.1 Å². The maximum absolute atomic E-state index is 12.5. The topological polar surface area (TPSA) is 46.5 Å². The van der Waals surface area contributed by atoms with Gasteiger partial charge in [0.1, 0.15) is 11.5 Å². The van der Waals surface area contributed by atoms with Gasteiger partial charge in [0.25, 0.3) is 0 Å². The lowest BCUT2D eigenvalue weighted by molar-refractivity contribution is -0.137. The van der Waals surface area contributed by atoms with Gasteiger partial charge in [-0.25, -0.2) is 4.79 Å². The Labute approximate surface area is 112 Å². The maximum atomic E-state index is 12.5. The summed E-state index contributed by atoms with van der Waals surface area (Å²) in [6.45, 7) is 0. The Morgan fingerprint density at radius 3 is 2.40 bits per heavy atom. The second kappa shape index (κ2) is 5.24. The summed E-state index contributed by atoms with van der Waals surface area (Å²) < 4.78 is 42.5. The summed E-state index contributed by atoms with van der Waals surface area (Å²) in [6, 6.07) is 9.35. The maximum Gasteiger partial charge on any atom is 0.416 e. The summed E-state index contributed by atoms with van der Waals surface area (Å²) in [7, 11) is 0. The predicted molar refractivity (Wildman–Crippen MR) is 64.5 cm³/mol. The average molecular weight is 282 g/mol. The molecule has 0 aliphatic heterocycles. The average Bonchev–Trinajstić information content (AvgIpc) is 2.38. The zero-order valence-electron chi connectivity index (χ0n) is 10.0. The van der Waals surface area contributed by atoms with E-state index in [9.17, 15) is 23.1 Å². The van der Waals surface area contributed by atoms with Crippen LogP contribution in [0.5, 0.6) is 11.5 Å². The second-order valence-electron chi connectivity index (χ2n) is 3.97. The Morgan fingerprint density at radius 1 is 1.05 bits per heavy atom. The molecular formula is C14H9F3O3.